The Morgan fingerprint density at radius 3 is 2.55 bits per heavy atom. The van der Waals surface area contributed by atoms with Gasteiger partial charge in [0.05, 0.1) is 11.3 Å². The number of pyridine rings is 1. The maximum Gasteiger partial charge on any atom is 0.337 e. The standard InChI is InChI=1S/C12H9ClN2O4S/c13-9-2-1-3-10(6-9)15-20(18,19)11-5-4-8(7-14-11)12(16)17/h1-7,15H,(H,16,17). The van der Waals surface area contributed by atoms with E-state index >= 15 is 0 Å². The predicted octanol–water partition coefficient (Wildman–Crippen LogP) is 2.23. The maximum atomic E-state index is 12.0. The Balaban J connectivity index is 2.28. The van der Waals surface area contributed by atoms with Gasteiger partial charge in [-0.1, -0.05) is 17.7 Å². The van der Waals surface area contributed by atoms with Crippen molar-refractivity contribution >= 4 is 33.3 Å². The minimum absolute atomic E-state index is 0.0910. The quantitative estimate of drug-likeness (QED) is 0.902. The van der Waals surface area contributed by atoms with E-state index in [-0.39, 0.29) is 10.6 Å². The molecule has 6 nitrogen and oxygen atoms in total. The van der Waals surface area contributed by atoms with Crippen LogP contribution in [0, 0.1) is 0 Å². The molecule has 0 fully saturated rings. The lowest BCUT2D eigenvalue weighted by atomic mass is 10.3. The zero-order valence-corrected chi connectivity index (χ0v) is 11.5. The second-order valence-corrected chi connectivity index (χ2v) is 5.87. The van der Waals surface area contributed by atoms with Gasteiger partial charge in [-0.2, -0.15) is 8.42 Å². The third kappa shape index (κ3) is 3.25. The number of hydrogen-bond donors (Lipinski definition) is 2. The van der Waals surface area contributed by atoms with Gasteiger partial charge in [0.25, 0.3) is 10.0 Å². The van der Waals surface area contributed by atoms with E-state index in [1.807, 2.05) is 0 Å². The number of nitrogens with zero attached hydrogens (tertiary/aromatic N) is 1. The fraction of sp³-hybridized carbons (Fsp3) is 0. The number of carbonyl (C=O) groups is 1. The Hall–Kier alpha value is -2.12. The van der Waals surface area contributed by atoms with Crippen molar-refractivity contribution in [2.45, 2.75) is 5.03 Å². The molecular formula is C12H9ClN2O4S. The summed E-state index contributed by atoms with van der Waals surface area (Å²) in [5.74, 6) is -1.18. The van der Waals surface area contributed by atoms with Crippen LogP contribution in [0.4, 0.5) is 5.69 Å². The van der Waals surface area contributed by atoms with Crippen molar-refractivity contribution in [3.63, 3.8) is 0 Å². The molecule has 0 radical (unpaired) electrons. The molecule has 2 rings (SSSR count). The molecule has 1 aromatic heterocycles. The highest BCUT2D eigenvalue weighted by Gasteiger charge is 2.16. The average Bonchev–Trinajstić information content (AvgIpc) is 2.38. The minimum atomic E-state index is -3.89. The highest BCUT2D eigenvalue weighted by Crippen LogP contribution is 2.18. The smallest absolute Gasteiger partial charge is 0.337 e. The van der Waals surface area contributed by atoms with E-state index in [1.54, 1.807) is 12.1 Å². The Kier molecular flexibility index (Phi) is 3.91. The van der Waals surface area contributed by atoms with Gasteiger partial charge < -0.3 is 5.11 Å². The van der Waals surface area contributed by atoms with Gasteiger partial charge in [0.15, 0.2) is 5.03 Å². The average molecular weight is 313 g/mol. The van der Waals surface area contributed by atoms with Gasteiger partial charge in [0.1, 0.15) is 0 Å². The maximum absolute atomic E-state index is 12.0. The number of carboxylic acid groups (broad SMARTS) is 1. The van der Waals surface area contributed by atoms with Gasteiger partial charge in [-0.15, -0.1) is 0 Å². The van der Waals surface area contributed by atoms with Crippen molar-refractivity contribution in [3.8, 4) is 0 Å². The molecule has 8 heteroatoms. The molecular weight excluding hydrogens is 304 g/mol. The summed E-state index contributed by atoms with van der Waals surface area (Å²) in [5, 5.41) is 8.84. The van der Waals surface area contributed by atoms with Gasteiger partial charge >= 0.3 is 5.97 Å². The van der Waals surface area contributed by atoms with Crippen LogP contribution in [0.2, 0.25) is 5.02 Å². The van der Waals surface area contributed by atoms with Crippen molar-refractivity contribution in [3.05, 3.63) is 53.2 Å². The number of anilines is 1. The lowest BCUT2D eigenvalue weighted by Crippen LogP contribution is -2.14. The second-order valence-electron chi connectivity index (χ2n) is 3.81. The van der Waals surface area contributed by atoms with Crippen LogP contribution in [0.5, 0.6) is 0 Å². The van der Waals surface area contributed by atoms with Gasteiger partial charge in [0, 0.05) is 11.2 Å². The summed E-state index contributed by atoms with van der Waals surface area (Å²) in [4.78, 5) is 14.3. The minimum Gasteiger partial charge on any atom is -0.478 e. The first-order chi connectivity index (χ1) is 9.38. The number of hydrogen-bond acceptors (Lipinski definition) is 4. The fourth-order valence-corrected chi connectivity index (χ4v) is 2.60. The topological polar surface area (TPSA) is 96.4 Å². The molecule has 1 aromatic carbocycles. The molecule has 0 aliphatic rings. The molecule has 1 heterocycles. The third-order valence-electron chi connectivity index (χ3n) is 2.34. The van der Waals surface area contributed by atoms with Crippen LogP contribution in [0.1, 0.15) is 10.4 Å². The fourth-order valence-electron chi connectivity index (χ4n) is 1.43. The number of aromatic nitrogens is 1. The number of sulfonamides is 1. The Bertz CT molecular complexity index is 744. The summed E-state index contributed by atoms with van der Waals surface area (Å²) >= 11 is 5.76. The third-order valence-corrected chi connectivity index (χ3v) is 3.87. The molecule has 0 saturated carbocycles. The number of aromatic carboxylic acids is 1. The molecule has 0 spiro atoms. The molecule has 20 heavy (non-hydrogen) atoms. The van der Waals surface area contributed by atoms with Crippen molar-refractivity contribution in [2.24, 2.45) is 0 Å². The van der Waals surface area contributed by atoms with Gasteiger partial charge in [-0.25, -0.2) is 9.78 Å². The summed E-state index contributed by atoms with van der Waals surface area (Å²) in [5.41, 5.74) is 0.202. The van der Waals surface area contributed by atoms with Crippen LogP contribution in [0.3, 0.4) is 0 Å². The monoisotopic (exact) mass is 312 g/mol. The number of benzene rings is 1. The van der Waals surface area contributed by atoms with Crippen molar-refractivity contribution in [2.75, 3.05) is 4.72 Å². The summed E-state index contributed by atoms with van der Waals surface area (Å²) in [7, 11) is -3.89. The zero-order chi connectivity index (χ0) is 14.8. The molecule has 0 unspecified atom stereocenters. The summed E-state index contributed by atoms with van der Waals surface area (Å²) in [6, 6.07) is 8.48. The van der Waals surface area contributed by atoms with E-state index in [0.29, 0.717) is 10.7 Å². The number of halogens is 1. The molecule has 104 valence electrons. The predicted molar refractivity (Wildman–Crippen MR) is 73.5 cm³/mol. The molecule has 2 aromatic rings. The van der Waals surface area contributed by atoms with E-state index < -0.39 is 16.0 Å². The molecule has 2 N–H and O–H groups in total. The first-order valence-electron chi connectivity index (χ1n) is 5.36. The van der Waals surface area contributed by atoms with E-state index in [2.05, 4.69) is 9.71 Å². The van der Waals surface area contributed by atoms with Crippen molar-refractivity contribution in [1.29, 1.82) is 0 Å². The van der Waals surface area contributed by atoms with Crippen molar-refractivity contribution in [1.82, 2.24) is 4.98 Å². The first-order valence-corrected chi connectivity index (χ1v) is 7.22. The molecule has 0 atom stereocenters. The number of nitrogens with one attached hydrogen (secondary N) is 1. The van der Waals surface area contributed by atoms with Crippen LogP contribution in [0.25, 0.3) is 0 Å². The van der Waals surface area contributed by atoms with Crippen LogP contribution < -0.4 is 4.72 Å². The zero-order valence-electron chi connectivity index (χ0n) is 9.95. The Labute approximate surface area is 120 Å². The van der Waals surface area contributed by atoms with Crippen LogP contribution in [-0.2, 0) is 10.0 Å². The lowest BCUT2D eigenvalue weighted by Gasteiger charge is -2.07. The normalized spacial score (nSPS) is 11.1. The van der Waals surface area contributed by atoms with Crippen LogP contribution >= 0.6 is 11.6 Å². The largest absolute Gasteiger partial charge is 0.478 e. The first kappa shape index (κ1) is 14.3. The molecule has 0 aliphatic carbocycles. The summed E-state index contributed by atoms with van der Waals surface area (Å²) in [6.07, 6.45) is 0.981. The van der Waals surface area contributed by atoms with Gasteiger partial charge in [-0.05, 0) is 30.3 Å². The van der Waals surface area contributed by atoms with E-state index in [9.17, 15) is 13.2 Å². The van der Waals surface area contributed by atoms with E-state index in [1.165, 1.54) is 18.2 Å². The second kappa shape index (κ2) is 5.48. The molecule has 0 aliphatic heterocycles. The van der Waals surface area contributed by atoms with E-state index in [0.717, 1.165) is 12.3 Å². The van der Waals surface area contributed by atoms with Crippen LogP contribution in [0.15, 0.2) is 47.6 Å². The van der Waals surface area contributed by atoms with Crippen LogP contribution in [-0.4, -0.2) is 24.5 Å². The highest BCUT2D eigenvalue weighted by molar-refractivity contribution is 7.92. The highest BCUT2D eigenvalue weighted by atomic mass is 35.5. The Morgan fingerprint density at radius 1 is 1.25 bits per heavy atom. The number of rotatable bonds is 4. The summed E-state index contributed by atoms with van der Waals surface area (Å²) < 4.78 is 26.4. The SMILES string of the molecule is O=C(O)c1ccc(S(=O)(=O)Nc2cccc(Cl)c2)nc1. The molecule has 0 saturated heterocycles. The lowest BCUT2D eigenvalue weighted by molar-refractivity contribution is 0.0696. The number of carboxylic acids is 1. The summed E-state index contributed by atoms with van der Waals surface area (Å²) in [6.45, 7) is 0. The van der Waals surface area contributed by atoms with Crippen molar-refractivity contribution < 1.29 is 18.3 Å². The molecule has 0 amide bonds. The van der Waals surface area contributed by atoms with Gasteiger partial charge in [0.2, 0.25) is 0 Å². The molecule has 0 bridgehead atoms. The Morgan fingerprint density at radius 2 is 2.00 bits per heavy atom. The van der Waals surface area contributed by atoms with Gasteiger partial charge in [-0.3, -0.25) is 4.72 Å². The van der Waals surface area contributed by atoms with E-state index in [4.69, 9.17) is 16.7 Å².